The number of carbonyl (C=O) groups is 1. The molecule has 0 saturated carbocycles. The van der Waals surface area contributed by atoms with Crippen LogP contribution in [0, 0.1) is 11.6 Å². The zero-order valence-corrected chi connectivity index (χ0v) is 17.7. The number of carbonyl (C=O) groups excluding carboxylic acids is 1. The molecule has 0 aliphatic heterocycles. The molecule has 0 radical (unpaired) electrons. The van der Waals surface area contributed by atoms with E-state index in [4.69, 9.17) is 4.42 Å². The quantitative estimate of drug-likeness (QED) is 0.409. The maximum atomic E-state index is 13.7. The smallest absolute Gasteiger partial charge is 0.273 e. The van der Waals surface area contributed by atoms with E-state index < -0.39 is 0 Å². The molecule has 0 spiro atoms. The summed E-state index contributed by atoms with van der Waals surface area (Å²) in [5.41, 5.74) is 2.75. The van der Waals surface area contributed by atoms with Crippen LogP contribution < -0.4 is 5.32 Å². The lowest BCUT2D eigenvalue weighted by Crippen LogP contribution is -2.24. The van der Waals surface area contributed by atoms with Crippen molar-refractivity contribution in [3.63, 3.8) is 0 Å². The molecule has 6 nitrogen and oxygen atoms in total. The number of hydrogen-bond donors (Lipinski definition) is 1. The van der Waals surface area contributed by atoms with E-state index in [-0.39, 0.29) is 29.8 Å². The van der Waals surface area contributed by atoms with Crippen molar-refractivity contribution < 1.29 is 18.0 Å². The van der Waals surface area contributed by atoms with Crippen molar-refractivity contribution in [2.45, 2.75) is 26.2 Å². The summed E-state index contributed by atoms with van der Waals surface area (Å²) in [6.45, 7) is 1.51. The van der Waals surface area contributed by atoms with Gasteiger partial charge in [-0.2, -0.15) is 0 Å². The molecular weight excluding hydrogens is 426 g/mol. The molecule has 4 aromatic rings. The van der Waals surface area contributed by atoms with Crippen molar-refractivity contribution in [1.82, 2.24) is 20.2 Å². The summed E-state index contributed by atoms with van der Waals surface area (Å²) in [6, 6.07) is 16.1. The molecule has 0 saturated heterocycles. The number of pyridine rings is 1. The second kappa shape index (κ2) is 10.6. The highest BCUT2D eigenvalue weighted by Crippen LogP contribution is 2.16. The molecule has 2 aromatic carbocycles. The fraction of sp³-hybridized carbons (Fsp3) is 0.160. The van der Waals surface area contributed by atoms with Crippen molar-refractivity contribution in [1.29, 1.82) is 0 Å². The van der Waals surface area contributed by atoms with E-state index in [1.165, 1.54) is 30.5 Å². The summed E-state index contributed by atoms with van der Waals surface area (Å²) in [5, 5.41) is 2.79. The Labute approximate surface area is 189 Å². The number of aromatic nitrogens is 2. The Morgan fingerprint density at radius 1 is 0.879 bits per heavy atom. The Balaban J connectivity index is 1.44. The second-order valence-electron chi connectivity index (χ2n) is 7.57. The molecule has 0 fully saturated rings. The molecule has 0 aliphatic carbocycles. The lowest BCUT2D eigenvalue weighted by Gasteiger charge is -2.21. The zero-order valence-electron chi connectivity index (χ0n) is 17.7. The number of nitrogens with zero attached hydrogens (tertiary/aromatic N) is 3. The largest absolute Gasteiger partial charge is 0.447 e. The normalized spacial score (nSPS) is 11.0. The van der Waals surface area contributed by atoms with Gasteiger partial charge in [0.2, 0.25) is 5.89 Å². The third-order valence-corrected chi connectivity index (χ3v) is 4.96. The van der Waals surface area contributed by atoms with Gasteiger partial charge < -0.3 is 9.73 Å². The van der Waals surface area contributed by atoms with Crippen LogP contribution in [-0.4, -0.2) is 20.8 Å². The first kappa shape index (κ1) is 22.3. The molecule has 1 N–H and O–H groups in total. The summed E-state index contributed by atoms with van der Waals surface area (Å²) in [5.74, 6) is -0.635. The Morgan fingerprint density at radius 3 is 2.39 bits per heavy atom. The van der Waals surface area contributed by atoms with Crippen LogP contribution in [0.2, 0.25) is 0 Å². The summed E-state index contributed by atoms with van der Waals surface area (Å²) < 4.78 is 32.5. The van der Waals surface area contributed by atoms with Gasteiger partial charge in [0.1, 0.15) is 17.9 Å². The molecule has 168 valence electrons. The molecular formula is C25H22F2N4O2. The topological polar surface area (TPSA) is 71.3 Å². The molecule has 0 atom stereocenters. The van der Waals surface area contributed by atoms with Gasteiger partial charge in [-0.3, -0.25) is 14.7 Å². The van der Waals surface area contributed by atoms with E-state index in [0.717, 1.165) is 16.7 Å². The highest BCUT2D eigenvalue weighted by molar-refractivity contribution is 5.91. The van der Waals surface area contributed by atoms with Gasteiger partial charge in [-0.05, 0) is 53.1 Å². The highest BCUT2D eigenvalue weighted by atomic mass is 19.1. The fourth-order valence-corrected chi connectivity index (χ4v) is 3.36. The van der Waals surface area contributed by atoms with Crippen LogP contribution in [0.5, 0.6) is 0 Å². The number of benzene rings is 2. The monoisotopic (exact) mass is 448 g/mol. The van der Waals surface area contributed by atoms with Gasteiger partial charge in [0.25, 0.3) is 5.91 Å². The minimum atomic E-state index is -0.350. The second-order valence-corrected chi connectivity index (χ2v) is 7.57. The van der Waals surface area contributed by atoms with Crippen LogP contribution in [0.1, 0.15) is 33.1 Å². The van der Waals surface area contributed by atoms with Crippen LogP contribution in [0.15, 0.2) is 83.7 Å². The first-order valence-electron chi connectivity index (χ1n) is 10.4. The lowest BCUT2D eigenvalue weighted by atomic mass is 10.1. The fourth-order valence-electron chi connectivity index (χ4n) is 3.36. The molecule has 2 aromatic heterocycles. The first-order chi connectivity index (χ1) is 16.0. The summed E-state index contributed by atoms with van der Waals surface area (Å²) in [7, 11) is 0. The SMILES string of the molecule is O=C(NCc1ccncc1)c1coc(CN(Cc2ccc(F)cc2)Cc2cccc(F)c2)n1. The molecule has 0 aliphatic rings. The van der Waals surface area contributed by atoms with Crippen molar-refractivity contribution >= 4 is 5.91 Å². The summed E-state index contributed by atoms with van der Waals surface area (Å²) in [4.78, 5) is 22.7. The molecule has 4 rings (SSSR count). The van der Waals surface area contributed by atoms with E-state index in [1.54, 1.807) is 30.6 Å². The van der Waals surface area contributed by atoms with Crippen LogP contribution >= 0.6 is 0 Å². The zero-order chi connectivity index (χ0) is 23.0. The van der Waals surface area contributed by atoms with E-state index >= 15 is 0 Å². The third-order valence-electron chi connectivity index (χ3n) is 4.96. The van der Waals surface area contributed by atoms with E-state index in [1.807, 2.05) is 23.1 Å². The number of halogens is 2. The van der Waals surface area contributed by atoms with E-state index in [2.05, 4.69) is 15.3 Å². The van der Waals surface area contributed by atoms with Gasteiger partial charge in [-0.15, -0.1) is 0 Å². The Kier molecular flexibility index (Phi) is 7.16. The minimum absolute atomic E-state index is 0.173. The van der Waals surface area contributed by atoms with Crippen LogP contribution in [0.3, 0.4) is 0 Å². The number of amides is 1. The average Bonchev–Trinajstić information content (AvgIpc) is 3.28. The molecule has 2 heterocycles. The van der Waals surface area contributed by atoms with Gasteiger partial charge in [0.15, 0.2) is 5.69 Å². The highest BCUT2D eigenvalue weighted by Gasteiger charge is 2.16. The lowest BCUT2D eigenvalue weighted by molar-refractivity contribution is 0.0945. The number of rotatable bonds is 9. The van der Waals surface area contributed by atoms with Gasteiger partial charge in [-0.25, -0.2) is 13.8 Å². The van der Waals surface area contributed by atoms with Crippen molar-refractivity contribution in [2.75, 3.05) is 0 Å². The van der Waals surface area contributed by atoms with Crippen LogP contribution in [0.4, 0.5) is 8.78 Å². The first-order valence-corrected chi connectivity index (χ1v) is 10.4. The Bertz CT molecular complexity index is 1200. The number of oxazole rings is 1. The van der Waals surface area contributed by atoms with Gasteiger partial charge >= 0.3 is 0 Å². The standard InChI is InChI=1S/C25H22F2N4O2/c26-21-6-4-19(5-7-21)14-31(15-20-2-1-3-22(27)12-20)16-24-30-23(17-33-24)25(32)29-13-18-8-10-28-11-9-18/h1-12,17H,13-16H2,(H,29,32). The van der Waals surface area contributed by atoms with Crippen molar-refractivity contribution in [2.24, 2.45) is 0 Å². The molecule has 8 heteroatoms. The molecule has 0 bridgehead atoms. The van der Waals surface area contributed by atoms with Gasteiger partial charge in [0, 0.05) is 32.0 Å². The van der Waals surface area contributed by atoms with Gasteiger partial charge in [0.05, 0.1) is 6.54 Å². The van der Waals surface area contributed by atoms with Crippen LogP contribution in [0.25, 0.3) is 0 Å². The maximum absolute atomic E-state index is 13.7. The molecule has 1 amide bonds. The summed E-state index contributed by atoms with van der Waals surface area (Å²) in [6.07, 6.45) is 4.63. The van der Waals surface area contributed by atoms with E-state index in [0.29, 0.717) is 25.5 Å². The Hall–Kier alpha value is -3.91. The Morgan fingerprint density at radius 2 is 1.64 bits per heavy atom. The maximum Gasteiger partial charge on any atom is 0.273 e. The van der Waals surface area contributed by atoms with Gasteiger partial charge in [-0.1, -0.05) is 24.3 Å². The average molecular weight is 448 g/mol. The summed E-state index contributed by atoms with van der Waals surface area (Å²) >= 11 is 0. The third kappa shape index (κ3) is 6.54. The van der Waals surface area contributed by atoms with E-state index in [9.17, 15) is 13.6 Å². The molecule has 0 unspecified atom stereocenters. The van der Waals surface area contributed by atoms with Crippen molar-refractivity contribution in [3.05, 3.63) is 119 Å². The predicted molar refractivity (Wildman–Crippen MR) is 118 cm³/mol. The minimum Gasteiger partial charge on any atom is -0.447 e. The number of hydrogen-bond acceptors (Lipinski definition) is 5. The van der Waals surface area contributed by atoms with Crippen LogP contribution in [-0.2, 0) is 26.2 Å². The molecule has 33 heavy (non-hydrogen) atoms. The predicted octanol–water partition coefficient (Wildman–Crippen LogP) is 4.48. The van der Waals surface area contributed by atoms with Crippen molar-refractivity contribution in [3.8, 4) is 0 Å². The number of nitrogens with one attached hydrogen (secondary N) is 1.